The Labute approximate surface area is 238 Å². The first kappa shape index (κ1) is 27.0. The molecule has 9 nitrogen and oxygen atoms in total. The molecule has 6 rings (SSSR count). The summed E-state index contributed by atoms with van der Waals surface area (Å²) in [6.45, 7) is 4.24. The van der Waals surface area contributed by atoms with E-state index in [4.69, 9.17) is 10.5 Å². The van der Waals surface area contributed by atoms with Crippen LogP contribution in [0.15, 0.2) is 53.6 Å². The topological polar surface area (TPSA) is 102 Å². The van der Waals surface area contributed by atoms with Crippen LogP contribution in [0, 0.1) is 18.6 Å². The molecule has 1 atom stereocenters. The maximum atomic E-state index is 14.3. The van der Waals surface area contributed by atoms with Crippen LogP contribution >= 0.6 is 11.3 Å². The molecule has 1 aliphatic rings. The number of halogens is 2. The second kappa shape index (κ2) is 11.0. The molecule has 0 spiro atoms. The van der Waals surface area contributed by atoms with Gasteiger partial charge in [-0.25, -0.2) is 23.3 Å². The second-order valence-electron chi connectivity index (χ2n) is 10.2. The molecule has 1 aromatic carbocycles. The van der Waals surface area contributed by atoms with E-state index in [1.54, 1.807) is 30.1 Å². The maximum absolute atomic E-state index is 14.3. The molecule has 0 bridgehead atoms. The third kappa shape index (κ3) is 5.32. The van der Waals surface area contributed by atoms with Crippen LogP contribution in [0.1, 0.15) is 29.0 Å². The van der Waals surface area contributed by atoms with Gasteiger partial charge in [0.05, 0.1) is 35.5 Å². The van der Waals surface area contributed by atoms with Gasteiger partial charge in [0, 0.05) is 50.6 Å². The second-order valence-corrected chi connectivity index (χ2v) is 11.4. The van der Waals surface area contributed by atoms with Crippen molar-refractivity contribution in [2.45, 2.75) is 38.9 Å². The Kier molecular flexibility index (Phi) is 7.26. The third-order valence-corrected chi connectivity index (χ3v) is 8.52. The van der Waals surface area contributed by atoms with Crippen LogP contribution < -0.4 is 20.8 Å². The lowest BCUT2D eigenvalue weighted by molar-refractivity contribution is 0.158. The first-order valence-corrected chi connectivity index (χ1v) is 14.1. The predicted molar refractivity (Wildman–Crippen MR) is 155 cm³/mol. The summed E-state index contributed by atoms with van der Waals surface area (Å²) in [5.74, 6) is -1.11. The van der Waals surface area contributed by atoms with Crippen molar-refractivity contribution in [3.63, 3.8) is 0 Å². The Hall–Kier alpha value is -4.16. The maximum Gasteiger partial charge on any atom is 0.213 e. The summed E-state index contributed by atoms with van der Waals surface area (Å²) in [5, 5.41) is 5.36. The number of fused-ring (bicyclic) bond motifs is 3. The molecule has 2 N–H and O–H groups in total. The number of piperidine rings is 1. The fraction of sp³-hybridized carbons (Fsp3) is 0.310. The average Bonchev–Trinajstić information content (AvgIpc) is 3.37. The third-order valence-electron chi connectivity index (χ3n) is 7.53. The van der Waals surface area contributed by atoms with Crippen molar-refractivity contribution in [3.05, 3.63) is 86.8 Å². The smallest absolute Gasteiger partial charge is 0.213 e. The predicted octanol–water partition coefficient (Wildman–Crippen LogP) is 4.55. The largest absolute Gasteiger partial charge is 0.481 e. The highest BCUT2D eigenvalue weighted by Crippen LogP contribution is 2.29. The molecule has 0 saturated carbocycles. The van der Waals surface area contributed by atoms with E-state index < -0.39 is 11.6 Å². The molecular formula is C29H29F2N7O2S. The SMILES string of the molecule is COc1cc(CN(Cc2c(=O)c3cc(F)c(F)cc3n3nc(C)sc23)[C@H]2CCCN(c3ccc(N)nc3)C2)ccn1. The minimum atomic E-state index is -1.06. The van der Waals surface area contributed by atoms with Gasteiger partial charge < -0.3 is 15.4 Å². The van der Waals surface area contributed by atoms with Crippen LogP contribution in [0.5, 0.6) is 5.88 Å². The van der Waals surface area contributed by atoms with Crippen molar-refractivity contribution in [1.82, 2.24) is 24.5 Å². The highest BCUT2D eigenvalue weighted by atomic mass is 32.1. The zero-order valence-electron chi connectivity index (χ0n) is 22.7. The Balaban J connectivity index is 1.43. The lowest BCUT2D eigenvalue weighted by Crippen LogP contribution is -2.48. The van der Waals surface area contributed by atoms with Gasteiger partial charge >= 0.3 is 0 Å². The molecule has 0 amide bonds. The van der Waals surface area contributed by atoms with Gasteiger partial charge in [-0.15, -0.1) is 0 Å². The van der Waals surface area contributed by atoms with Gasteiger partial charge in [-0.1, -0.05) is 11.3 Å². The van der Waals surface area contributed by atoms with Crippen LogP contribution in [0.4, 0.5) is 20.3 Å². The van der Waals surface area contributed by atoms with Crippen molar-refractivity contribution < 1.29 is 13.5 Å². The molecule has 1 saturated heterocycles. The average molecular weight is 578 g/mol. The lowest BCUT2D eigenvalue weighted by Gasteiger charge is -2.40. The molecule has 12 heteroatoms. The van der Waals surface area contributed by atoms with E-state index >= 15 is 0 Å². The van der Waals surface area contributed by atoms with E-state index in [0.717, 1.165) is 42.8 Å². The van der Waals surface area contributed by atoms with Crippen molar-refractivity contribution in [3.8, 4) is 5.88 Å². The van der Waals surface area contributed by atoms with E-state index in [9.17, 15) is 13.6 Å². The number of hydrogen-bond donors (Lipinski definition) is 1. The number of aryl methyl sites for hydroxylation is 1. The molecule has 0 radical (unpaired) electrons. The van der Waals surface area contributed by atoms with Gasteiger partial charge in [-0.3, -0.25) is 9.69 Å². The number of anilines is 2. The summed E-state index contributed by atoms with van der Waals surface area (Å²) in [6, 6.07) is 9.67. The van der Waals surface area contributed by atoms with Crippen molar-refractivity contribution in [2.75, 3.05) is 30.8 Å². The van der Waals surface area contributed by atoms with Gasteiger partial charge in [-0.05, 0) is 49.6 Å². The zero-order chi connectivity index (χ0) is 28.7. The van der Waals surface area contributed by atoms with Crippen LogP contribution in [0.2, 0.25) is 0 Å². The Morgan fingerprint density at radius 3 is 2.76 bits per heavy atom. The molecule has 1 fully saturated rings. The number of nitrogen functional groups attached to an aromatic ring is 1. The number of benzene rings is 1. The van der Waals surface area contributed by atoms with Crippen molar-refractivity contribution >= 4 is 38.6 Å². The van der Waals surface area contributed by atoms with E-state index in [1.807, 2.05) is 25.1 Å². The van der Waals surface area contributed by atoms with Crippen molar-refractivity contribution in [1.29, 1.82) is 0 Å². The Morgan fingerprint density at radius 2 is 1.98 bits per heavy atom. The fourth-order valence-electron chi connectivity index (χ4n) is 5.52. The quantitative estimate of drug-likeness (QED) is 0.301. The molecule has 1 aliphatic heterocycles. The lowest BCUT2D eigenvalue weighted by atomic mass is 10.0. The molecule has 212 valence electrons. The molecule has 5 aromatic rings. The minimum absolute atomic E-state index is 0.0783. The first-order chi connectivity index (χ1) is 19.8. The molecule has 0 aliphatic carbocycles. The number of methoxy groups -OCH3 is 1. The van der Waals surface area contributed by atoms with E-state index in [2.05, 4.69) is 24.9 Å². The summed E-state index contributed by atoms with van der Waals surface area (Å²) in [5.41, 5.74) is 8.21. The normalized spacial score (nSPS) is 15.7. The summed E-state index contributed by atoms with van der Waals surface area (Å²) in [7, 11) is 1.57. The number of nitrogens with two attached hydrogens (primary N) is 1. The molecule has 0 unspecified atom stereocenters. The van der Waals surface area contributed by atoms with Gasteiger partial charge in [-0.2, -0.15) is 5.10 Å². The monoisotopic (exact) mass is 577 g/mol. The first-order valence-electron chi connectivity index (χ1n) is 13.3. The van der Waals surface area contributed by atoms with E-state index in [1.165, 1.54) is 11.3 Å². The highest BCUT2D eigenvalue weighted by molar-refractivity contribution is 7.17. The van der Waals surface area contributed by atoms with Crippen LogP contribution in [0.25, 0.3) is 15.7 Å². The summed E-state index contributed by atoms with van der Waals surface area (Å²) in [6.07, 6.45) is 5.34. The molecule has 41 heavy (non-hydrogen) atoms. The zero-order valence-corrected chi connectivity index (χ0v) is 23.5. The molecule has 4 aromatic heterocycles. The number of ether oxygens (including phenoxy) is 1. The standard InChI is InChI=1S/C29H29F2N7O2S/c1-17-35-38-25-12-24(31)23(30)11-21(25)28(39)22(29(38)41-17)16-37(14-18-7-8-33-27(10-18)40-2)20-4-3-9-36(15-20)19-5-6-26(32)34-13-19/h5-8,10-13,20H,3-4,9,14-16H2,1-2H3,(H2,32,34)/t20-/m0/s1. The number of nitrogens with zero attached hydrogens (tertiary/aromatic N) is 6. The van der Waals surface area contributed by atoms with Gasteiger partial charge in [0.1, 0.15) is 15.7 Å². The van der Waals surface area contributed by atoms with Crippen LogP contribution in [-0.2, 0) is 13.1 Å². The number of aromatic nitrogens is 4. The Morgan fingerprint density at radius 1 is 1.15 bits per heavy atom. The molecular weight excluding hydrogens is 548 g/mol. The van der Waals surface area contributed by atoms with Gasteiger partial charge in [0.25, 0.3) is 0 Å². The van der Waals surface area contributed by atoms with E-state index in [0.29, 0.717) is 46.7 Å². The van der Waals surface area contributed by atoms with Crippen LogP contribution in [0.3, 0.4) is 0 Å². The van der Waals surface area contributed by atoms with Gasteiger partial charge in [0.2, 0.25) is 5.88 Å². The van der Waals surface area contributed by atoms with Gasteiger partial charge in [0.15, 0.2) is 17.1 Å². The Bertz CT molecular complexity index is 1790. The number of hydrogen-bond acceptors (Lipinski definition) is 9. The summed E-state index contributed by atoms with van der Waals surface area (Å²) < 4.78 is 35.5. The number of rotatable bonds is 7. The molecule has 5 heterocycles. The fourth-order valence-corrected chi connectivity index (χ4v) is 6.43. The van der Waals surface area contributed by atoms with Crippen LogP contribution in [-0.4, -0.2) is 50.7 Å². The minimum Gasteiger partial charge on any atom is -0.481 e. The summed E-state index contributed by atoms with van der Waals surface area (Å²) >= 11 is 1.37. The number of pyridine rings is 3. The van der Waals surface area contributed by atoms with E-state index in [-0.39, 0.29) is 22.4 Å². The highest BCUT2D eigenvalue weighted by Gasteiger charge is 2.28. The summed E-state index contributed by atoms with van der Waals surface area (Å²) in [4.78, 5) is 27.6. The van der Waals surface area contributed by atoms with Crippen molar-refractivity contribution in [2.24, 2.45) is 0 Å².